The SMILES string of the molecule is Cc1ccncc1-c1cc(N)c2cnc(NC(=O)C(=O)Nc3ccccc3-c3ccccc3)cc2c1. The van der Waals surface area contributed by atoms with Crippen LogP contribution in [0, 0.1) is 6.92 Å². The van der Waals surface area contributed by atoms with E-state index in [0.717, 1.165) is 38.6 Å². The number of pyridine rings is 2. The van der Waals surface area contributed by atoms with Gasteiger partial charge in [-0.25, -0.2) is 4.98 Å². The first-order valence-corrected chi connectivity index (χ1v) is 11.4. The molecule has 7 heteroatoms. The summed E-state index contributed by atoms with van der Waals surface area (Å²) in [6, 6.07) is 24.4. The number of anilines is 3. The molecule has 176 valence electrons. The monoisotopic (exact) mass is 473 g/mol. The maximum atomic E-state index is 12.7. The number of carbonyl (C=O) groups excluding carboxylic acids is 2. The maximum Gasteiger partial charge on any atom is 0.315 e. The van der Waals surface area contributed by atoms with E-state index in [4.69, 9.17) is 5.73 Å². The highest BCUT2D eigenvalue weighted by atomic mass is 16.2. The van der Waals surface area contributed by atoms with Crippen molar-refractivity contribution in [3.05, 3.63) is 103 Å². The van der Waals surface area contributed by atoms with Crippen molar-refractivity contribution in [1.82, 2.24) is 9.97 Å². The van der Waals surface area contributed by atoms with E-state index in [-0.39, 0.29) is 5.82 Å². The van der Waals surface area contributed by atoms with Crippen LogP contribution >= 0.6 is 0 Å². The minimum Gasteiger partial charge on any atom is -0.398 e. The molecule has 2 aromatic heterocycles. The van der Waals surface area contributed by atoms with Crippen LogP contribution < -0.4 is 16.4 Å². The van der Waals surface area contributed by atoms with Gasteiger partial charge in [-0.15, -0.1) is 0 Å². The molecule has 2 heterocycles. The molecule has 0 aliphatic rings. The molecule has 4 N–H and O–H groups in total. The van der Waals surface area contributed by atoms with Crippen molar-refractivity contribution in [3.63, 3.8) is 0 Å². The molecule has 0 unspecified atom stereocenters. The van der Waals surface area contributed by atoms with Crippen LogP contribution in [0.5, 0.6) is 0 Å². The van der Waals surface area contributed by atoms with Crippen LogP contribution in [-0.4, -0.2) is 21.8 Å². The third-order valence-electron chi connectivity index (χ3n) is 5.93. The number of hydrogen-bond acceptors (Lipinski definition) is 5. The lowest BCUT2D eigenvalue weighted by molar-refractivity contribution is -0.133. The minimum atomic E-state index is -0.822. The Hall–Kier alpha value is -5.04. The lowest BCUT2D eigenvalue weighted by atomic mass is 9.99. The molecule has 5 rings (SSSR count). The zero-order valence-electron chi connectivity index (χ0n) is 19.5. The van der Waals surface area contributed by atoms with E-state index < -0.39 is 11.8 Å². The van der Waals surface area contributed by atoms with Gasteiger partial charge in [-0.2, -0.15) is 0 Å². The molecule has 0 radical (unpaired) electrons. The number of hydrogen-bond donors (Lipinski definition) is 3. The van der Waals surface area contributed by atoms with Crippen LogP contribution in [0.2, 0.25) is 0 Å². The van der Waals surface area contributed by atoms with Crippen molar-refractivity contribution in [2.24, 2.45) is 0 Å². The summed E-state index contributed by atoms with van der Waals surface area (Å²) in [5.41, 5.74) is 12.1. The lowest BCUT2D eigenvalue weighted by Crippen LogP contribution is -2.29. The van der Waals surface area contributed by atoms with Gasteiger partial charge in [-0.3, -0.25) is 14.6 Å². The first-order valence-electron chi connectivity index (χ1n) is 11.4. The fourth-order valence-corrected chi connectivity index (χ4v) is 4.09. The molecule has 2 amide bonds. The quantitative estimate of drug-likeness (QED) is 0.238. The van der Waals surface area contributed by atoms with Crippen molar-refractivity contribution in [1.29, 1.82) is 0 Å². The molecule has 0 bridgehead atoms. The fourth-order valence-electron chi connectivity index (χ4n) is 4.09. The third kappa shape index (κ3) is 4.63. The number of aryl methyl sites for hydroxylation is 1. The standard InChI is InChI=1S/C29H23N5O2/c1-18-11-12-31-16-23(18)20-13-21-15-27(32-17-24(21)25(30)14-20)34-29(36)28(35)33-26-10-6-5-9-22(26)19-7-3-2-4-8-19/h2-17H,30H2,1H3,(H,33,35)(H,32,34,36). The number of rotatable bonds is 4. The molecule has 36 heavy (non-hydrogen) atoms. The Morgan fingerprint density at radius 3 is 2.33 bits per heavy atom. The Morgan fingerprint density at radius 1 is 0.778 bits per heavy atom. The first kappa shape index (κ1) is 22.7. The average Bonchev–Trinajstić information content (AvgIpc) is 2.89. The number of fused-ring (bicyclic) bond motifs is 1. The van der Waals surface area contributed by atoms with Gasteiger partial charge in [0.05, 0.1) is 0 Å². The number of benzene rings is 3. The Morgan fingerprint density at radius 2 is 1.53 bits per heavy atom. The smallest absolute Gasteiger partial charge is 0.315 e. The molecule has 0 fully saturated rings. The summed E-state index contributed by atoms with van der Waals surface area (Å²) in [5.74, 6) is -1.37. The normalized spacial score (nSPS) is 10.7. The molecule has 0 saturated carbocycles. The van der Waals surface area contributed by atoms with Gasteiger partial charge in [0.25, 0.3) is 0 Å². The second-order valence-electron chi connectivity index (χ2n) is 8.37. The van der Waals surface area contributed by atoms with Gasteiger partial charge in [0.1, 0.15) is 5.82 Å². The molecule has 0 atom stereocenters. The molecule has 0 spiro atoms. The van der Waals surface area contributed by atoms with Crippen LogP contribution in [-0.2, 0) is 9.59 Å². The summed E-state index contributed by atoms with van der Waals surface area (Å²) in [6.07, 6.45) is 5.12. The van der Waals surface area contributed by atoms with Gasteiger partial charge < -0.3 is 16.4 Å². The summed E-state index contributed by atoms with van der Waals surface area (Å²) < 4.78 is 0. The van der Waals surface area contributed by atoms with Crippen LogP contribution in [0.25, 0.3) is 33.0 Å². The highest BCUT2D eigenvalue weighted by Crippen LogP contribution is 2.31. The molecular weight excluding hydrogens is 450 g/mol. The highest BCUT2D eigenvalue weighted by Gasteiger charge is 2.17. The van der Waals surface area contributed by atoms with E-state index in [0.29, 0.717) is 11.4 Å². The number of nitrogens with two attached hydrogens (primary N) is 1. The molecule has 0 aliphatic heterocycles. The van der Waals surface area contributed by atoms with Crippen LogP contribution in [0.3, 0.4) is 0 Å². The first-order chi connectivity index (χ1) is 17.5. The number of carbonyl (C=O) groups is 2. The Balaban J connectivity index is 1.38. The van der Waals surface area contributed by atoms with E-state index in [2.05, 4.69) is 20.6 Å². The molecule has 0 saturated heterocycles. The van der Waals surface area contributed by atoms with E-state index in [1.54, 1.807) is 36.8 Å². The van der Waals surface area contributed by atoms with E-state index >= 15 is 0 Å². The minimum absolute atomic E-state index is 0.249. The van der Waals surface area contributed by atoms with Gasteiger partial charge in [0.2, 0.25) is 0 Å². The Labute approximate surface area is 208 Å². The van der Waals surface area contributed by atoms with Gasteiger partial charge in [-0.1, -0.05) is 48.5 Å². The summed E-state index contributed by atoms with van der Waals surface area (Å²) in [6.45, 7) is 2.00. The van der Waals surface area contributed by atoms with Gasteiger partial charge in [0.15, 0.2) is 0 Å². The molecule has 3 aromatic carbocycles. The topological polar surface area (TPSA) is 110 Å². The Bertz CT molecular complexity index is 1600. The Kier molecular flexibility index (Phi) is 6.11. The highest BCUT2D eigenvalue weighted by molar-refractivity contribution is 6.43. The van der Waals surface area contributed by atoms with Crippen LogP contribution in [0.1, 0.15) is 5.56 Å². The van der Waals surface area contributed by atoms with Crippen LogP contribution in [0.4, 0.5) is 17.2 Å². The predicted molar refractivity (Wildman–Crippen MR) is 143 cm³/mol. The summed E-state index contributed by atoms with van der Waals surface area (Å²) >= 11 is 0. The largest absolute Gasteiger partial charge is 0.398 e. The van der Waals surface area contributed by atoms with Crippen molar-refractivity contribution in [3.8, 4) is 22.3 Å². The number of nitrogen functional groups attached to an aromatic ring is 1. The average molecular weight is 474 g/mol. The third-order valence-corrected chi connectivity index (χ3v) is 5.93. The number of amides is 2. The number of nitrogens with one attached hydrogen (secondary N) is 2. The summed E-state index contributed by atoms with van der Waals surface area (Å²) in [4.78, 5) is 33.9. The van der Waals surface area contributed by atoms with Gasteiger partial charge >= 0.3 is 11.8 Å². The van der Waals surface area contributed by atoms with Gasteiger partial charge in [-0.05, 0) is 59.3 Å². The summed E-state index contributed by atoms with van der Waals surface area (Å²) in [7, 11) is 0. The number of para-hydroxylation sites is 1. The van der Waals surface area contributed by atoms with Crippen molar-refractivity contribution >= 4 is 39.8 Å². The maximum absolute atomic E-state index is 12.7. The van der Waals surface area contributed by atoms with Crippen LogP contribution in [0.15, 0.2) is 97.5 Å². The number of nitrogens with zero attached hydrogens (tertiary/aromatic N) is 2. The van der Waals surface area contributed by atoms with Crippen molar-refractivity contribution in [2.45, 2.75) is 6.92 Å². The van der Waals surface area contributed by atoms with E-state index in [9.17, 15) is 9.59 Å². The zero-order valence-corrected chi connectivity index (χ0v) is 19.5. The fraction of sp³-hybridized carbons (Fsp3) is 0.0345. The number of aromatic nitrogens is 2. The van der Waals surface area contributed by atoms with Gasteiger partial charge in [0, 0.05) is 46.5 Å². The molecule has 5 aromatic rings. The summed E-state index contributed by atoms with van der Waals surface area (Å²) in [5, 5.41) is 6.83. The lowest BCUT2D eigenvalue weighted by Gasteiger charge is -2.12. The molecule has 7 nitrogen and oxygen atoms in total. The van der Waals surface area contributed by atoms with E-state index in [1.165, 1.54) is 0 Å². The molecule has 0 aliphatic carbocycles. The predicted octanol–water partition coefficient (Wildman–Crippen LogP) is 5.43. The van der Waals surface area contributed by atoms with Crippen molar-refractivity contribution < 1.29 is 9.59 Å². The molecular formula is C29H23N5O2. The second-order valence-corrected chi connectivity index (χ2v) is 8.37. The zero-order chi connectivity index (χ0) is 25.1. The second kappa shape index (κ2) is 9.68. The van der Waals surface area contributed by atoms with Crippen molar-refractivity contribution in [2.75, 3.05) is 16.4 Å². The van der Waals surface area contributed by atoms with E-state index in [1.807, 2.05) is 67.6 Å².